The molecule has 2 aromatic rings. The van der Waals surface area contributed by atoms with Crippen LogP contribution in [0.4, 0.5) is 5.69 Å². The lowest BCUT2D eigenvalue weighted by Gasteiger charge is -2.20. The third kappa shape index (κ3) is 3.77. The minimum absolute atomic E-state index is 0.254. The van der Waals surface area contributed by atoms with Gasteiger partial charge in [-0.3, -0.25) is 9.78 Å². The van der Waals surface area contributed by atoms with Crippen molar-refractivity contribution < 1.29 is 4.79 Å². The monoisotopic (exact) mass is 288 g/mol. The van der Waals surface area contributed by atoms with Crippen molar-refractivity contribution in [2.75, 3.05) is 5.73 Å². The molecule has 0 bridgehead atoms. The molecule has 0 saturated carbocycles. The molecule has 0 atom stereocenters. The Kier molecular flexibility index (Phi) is 3.93. The van der Waals surface area contributed by atoms with Crippen LogP contribution in [0.3, 0.4) is 0 Å². The van der Waals surface area contributed by atoms with E-state index in [-0.39, 0.29) is 11.3 Å². The Hall–Kier alpha value is -2.44. The zero-order valence-corrected chi connectivity index (χ0v) is 12.5. The second-order valence-corrected chi connectivity index (χ2v) is 6.01. The van der Waals surface area contributed by atoms with Crippen LogP contribution in [0.2, 0.25) is 0 Å². The molecule has 0 spiro atoms. The van der Waals surface area contributed by atoms with Gasteiger partial charge in [0.1, 0.15) is 0 Å². The first-order valence-corrected chi connectivity index (χ1v) is 6.69. The van der Waals surface area contributed by atoms with Gasteiger partial charge < -0.3 is 11.5 Å². The Morgan fingerprint density at radius 2 is 2.14 bits per heavy atom. The number of carbonyl (C=O) groups is 1. The highest BCUT2D eigenvalue weighted by molar-refractivity contribution is 5.74. The van der Waals surface area contributed by atoms with Gasteiger partial charge in [-0.05, 0) is 24.8 Å². The first kappa shape index (κ1) is 15.0. The topological polar surface area (TPSA) is 113 Å². The van der Waals surface area contributed by atoms with E-state index < -0.39 is 0 Å². The summed E-state index contributed by atoms with van der Waals surface area (Å²) in [6.07, 6.45) is 4.35. The van der Waals surface area contributed by atoms with Crippen LogP contribution < -0.4 is 11.5 Å². The van der Waals surface area contributed by atoms with Crippen LogP contribution >= 0.6 is 0 Å². The lowest BCUT2D eigenvalue weighted by molar-refractivity contribution is -0.119. The van der Waals surface area contributed by atoms with Gasteiger partial charge in [0.05, 0.1) is 35.2 Å². The molecule has 2 rings (SSSR count). The second kappa shape index (κ2) is 5.51. The molecule has 0 aliphatic carbocycles. The van der Waals surface area contributed by atoms with Crippen molar-refractivity contribution in [2.24, 2.45) is 11.1 Å². The molecule has 7 nitrogen and oxygen atoms in total. The summed E-state index contributed by atoms with van der Waals surface area (Å²) in [6.45, 7) is 5.83. The summed E-state index contributed by atoms with van der Waals surface area (Å²) in [5.74, 6) is -0.316. The van der Waals surface area contributed by atoms with E-state index in [2.05, 4.69) is 15.3 Å². The second-order valence-electron chi connectivity index (χ2n) is 6.01. The van der Waals surface area contributed by atoms with Gasteiger partial charge in [0.15, 0.2) is 0 Å². The van der Waals surface area contributed by atoms with Crippen LogP contribution in [0, 0.1) is 12.3 Å². The van der Waals surface area contributed by atoms with Crippen LogP contribution in [0.15, 0.2) is 18.5 Å². The van der Waals surface area contributed by atoms with Crippen molar-refractivity contribution in [1.29, 1.82) is 0 Å². The molecule has 2 aromatic heterocycles. The lowest BCUT2D eigenvalue weighted by atomic mass is 9.84. The molecule has 0 aliphatic heterocycles. The molecule has 0 radical (unpaired) electrons. The third-order valence-electron chi connectivity index (χ3n) is 3.18. The van der Waals surface area contributed by atoms with Gasteiger partial charge in [0.2, 0.25) is 5.91 Å². The molecule has 7 heteroatoms. The van der Waals surface area contributed by atoms with Gasteiger partial charge in [0.25, 0.3) is 0 Å². The number of pyridine rings is 1. The van der Waals surface area contributed by atoms with E-state index in [4.69, 9.17) is 11.5 Å². The van der Waals surface area contributed by atoms with Gasteiger partial charge in [-0.2, -0.15) is 0 Å². The maximum Gasteiger partial charge on any atom is 0.217 e. The van der Waals surface area contributed by atoms with Crippen LogP contribution in [-0.4, -0.2) is 25.9 Å². The first-order chi connectivity index (χ1) is 9.77. The fraction of sp³-hybridized carbons (Fsp3) is 0.429. The van der Waals surface area contributed by atoms with Crippen molar-refractivity contribution in [3.8, 4) is 5.69 Å². The zero-order valence-electron chi connectivity index (χ0n) is 12.5. The number of aromatic nitrogens is 4. The van der Waals surface area contributed by atoms with Crippen LogP contribution in [0.5, 0.6) is 0 Å². The molecule has 2 heterocycles. The summed E-state index contributed by atoms with van der Waals surface area (Å²) in [5, 5.41) is 8.25. The molecule has 112 valence electrons. The van der Waals surface area contributed by atoms with Gasteiger partial charge in [0, 0.05) is 6.42 Å². The van der Waals surface area contributed by atoms with E-state index in [0.29, 0.717) is 18.5 Å². The summed E-state index contributed by atoms with van der Waals surface area (Å²) >= 11 is 0. The number of nitrogen functional groups attached to an aromatic ring is 1. The van der Waals surface area contributed by atoms with E-state index in [1.807, 2.05) is 27.0 Å². The summed E-state index contributed by atoms with van der Waals surface area (Å²) in [5.41, 5.74) is 13.7. The van der Waals surface area contributed by atoms with Crippen molar-refractivity contribution in [3.05, 3.63) is 29.8 Å². The van der Waals surface area contributed by atoms with Gasteiger partial charge in [-0.15, -0.1) is 5.10 Å². The molecular weight excluding hydrogens is 268 g/mol. The highest BCUT2D eigenvalue weighted by Crippen LogP contribution is 2.25. The number of nitrogens with two attached hydrogens (primary N) is 2. The average molecular weight is 288 g/mol. The number of aryl methyl sites for hydroxylation is 1. The maximum absolute atomic E-state index is 11.1. The van der Waals surface area contributed by atoms with E-state index in [9.17, 15) is 4.79 Å². The van der Waals surface area contributed by atoms with Crippen molar-refractivity contribution >= 4 is 11.6 Å². The molecular formula is C14H20N6O. The Bertz CT molecular complexity index is 661. The molecule has 4 N–H and O–H groups in total. The molecule has 1 amide bonds. The third-order valence-corrected chi connectivity index (χ3v) is 3.18. The average Bonchev–Trinajstić information content (AvgIpc) is 2.78. The summed E-state index contributed by atoms with van der Waals surface area (Å²) in [7, 11) is 0. The number of carbonyl (C=O) groups excluding carboxylic acids is 1. The number of anilines is 1. The molecule has 0 aromatic carbocycles. The Morgan fingerprint density at radius 3 is 2.81 bits per heavy atom. The van der Waals surface area contributed by atoms with Crippen molar-refractivity contribution in [3.63, 3.8) is 0 Å². The molecule has 21 heavy (non-hydrogen) atoms. The minimum atomic E-state index is -0.316. The first-order valence-electron chi connectivity index (χ1n) is 6.69. The number of nitrogens with zero attached hydrogens (tertiary/aromatic N) is 4. The van der Waals surface area contributed by atoms with Crippen LogP contribution in [-0.2, 0) is 11.2 Å². The Balaban J connectivity index is 2.22. The molecule has 0 aliphatic rings. The van der Waals surface area contributed by atoms with E-state index in [1.165, 1.54) is 0 Å². The lowest BCUT2D eigenvalue weighted by Crippen LogP contribution is -2.24. The number of primary amides is 1. The summed E-state index contributed by atoms with van der Waals surface area (Å²) in [6, 6.07) is 1.80. The smallest absolute Gasteiger partial charge is 0.217 e. The number of amides is 1. The van der Waals surface area contributed by atoms with Crippen molar-refractivity contribution in [2.45, 2.75) is 33.6 Å². The molecule has 0 saturated heterocycles. The predicted octanol–water partition coefficient (Wildman–Crippen LogP) is 0.997. The highest BCUT2D eigenvalue weighted by atomic mass is 16.1. The fourth-order valence-corrected chi connectivity index (χ4v) is 2.29. The predicted molar refractivity (Wildman–Crippen MR) is 79.6 cm³/mol. The normalized spacial score (nSPS) is 11.6. The fourth-order valence-electron chi connectivity index (χ4n) is 2.29. The molecule has 0 unspecified atom stereocenters. The number of hydrogen-bond acceptors (Lipinski definition) is 5. The zero-order chi connectivity index (χ0) is 15.6. The van der Waals surface area contributed by atoms with Crippen LogP contribution in [0.1, 0.15) is 31.7 Å². The van der Waals surface area contributed by atoms with Gasteiger partial charge in [-0.25, -0.2) is 4.68 Å². The number of hydrogen-bond donors (Lipinski definition) is 2. The van der Waals surface area contributed by atoms with Gasteiger partial charge >= 0.3 is 0 Å². The Morgan fingerprint density at radius 1 is 1.43 bits per heavy atom. The summed E-state index contributed by atoms with van der Waals surface area (Å²) in [4.78, 5) is 15.3. The maximum atomic E-state index is 11.1. The Labute approximate surface area is 123 Å². The van der Waals surface area contributed by atoms with Gasteiger partial charge in [-0.1, -0.05) is 19.1 Å². The quantitative estimate of drug-likeness (QED) is 0.852. The number of rotatable bonds is 5. The minimum Gasteiger partial charge on any atom is -0.397 e. The van der Waals surface area contributed by atoms with E-state index >= 15 is 0 Å². The van der Waals surface area contributed by atoms with E-state index in [0.717, 1.165) is 17.1 Å². The summed E-state index contributed by atoms with van der Waals surface area (Å²) < 4.78 is 1.65. The standard InChI is InChI=1S/C14H20N6O/c1-9-12(4-10(15)7-17-9)20-8-11(18-19-20)5-14(2,3)6-13(16)21/h4,7-8H,5-6,15H2,1-3H3,(H2,16,21). The van der Waals surface area contributed by atoms with E-state index in [1.54, 1.807) is 16.9 Å². The highest BCUT2D eigenvalue weighted by Gasteiger charge is 2.23. The molecule has 0 fully saturated rings. The van der Waals surface area contributed by atoms with Crippen LogP contribution in [0.25, 0.3) is 5.69 Å². The largest absolute Gasteiger partial charge is 0.397 e. The van der Waals surface area contributed by atoms with Crippen molar-refractivity contribution in [1.82, 2.24) is 20.0 Å². The SMILES string of the molecule is Cc1ncc(N)cc1-n1cc(CC(C)(C)CC(N)=O)nn1.